The summed E-state index contributed by atoms with van der Waals surface area (Å²) in [5, 5.41) is 16.4. The molecule has 2 aromatic heterocycles. The summed E-state index contributed by atoms with van der Waals surface area (Å²) < 4.78 is 2.11. The summed E-state index contributed by atoms with van der Waals surface area (Å²) in [5.41, 5.74) is 10.6. The van der Waals surface area contributed by atoms with Crippen molar-refractivity contribution in [1.29, 1.82) is 0 Å². The summed E-state index contributed by atoms with van der Waals surface area (Å²) in [4.78, 5) is 5.57. The molecule has 2 heterocycles. The van der Waals surface area contributed by atoms with Gasteiger partial charge in [-0.15, -0.1) is 26.6 Å². The van der Waals surface area contributed by atoms with Crippen molar-refractivity contribution in [2.24, 2.45) is 5.10 Å². The van der Waals surface area contributed by atoms with E-state index in [1.807, 2.05) is 91.0 Å². The third-order valence-corrected chi connectivity index (χ3v) is 7.22. The molecule has 0 aliphatic rings. The molecule has 0 unspecified atom stereocenters. The van der Waals surface area contributed by atoms with Gasteiger partial charge in [0, 0.05) is 27.2 Å². The van der Waals surface area contributed by atoms with Crippen LogP contribution < -0.4 is 10.2 Å². The Hall–Kier alpha value is -4.59. The van der Waals surface area contributed by atoms with Crippen LogP contribution in [0.1, 0.15) is 5.56 Å². The fraction of sp³-hybridized carbons (Fsp3) is 0.0323. The van der Waals surface area contributed by atoms with E-state index < -0.39 is 0 Å². The molecule has 0 amide bonds. The molecule has 0 aliphatic carbocycles. The lowest BCUT2D eigenvalue weighted by molar-refractivity contribution is 0.941. The highest BCUT2D eigenvalue weighted by molar-refractivity contribution is 7.07. The van der Waals surface area contributed by atoms with Gasteiger partial charge in [0.15, 0.2) is 0 Å². The molecule has 190 valence electrons. The van der Waals surface area contributed by atoms with Gasteiger partial charge in [-0.1, -0.05) is 96.5 Å². The second-order valence-electron chi connectivity index (χ2n) is 8.87. The topological polar surface area (TPSA) is 68.0 Å². The second-order valence-corrected chi connectivity index (χ2v) is 10.1. The molecule has 6 aromatic rings. The molecule has 0 saturated heterocycles. The summed E-state index contributed by atoms with van der Waals surface area (Å²) >= 11 is 7.67. The highest BCUT2D eigenvalue weighted by Gasteiger charge is 2.14. The van der Waals surface area contributed by atoms with Gasteiger partial charge in [-0.2, -0.15) is 0 Å². The van der Waals surface area contributed by atoms with Crippen molar-refractivity contribution >= 4 is 28.9 Å². The van der Waals surface area contributed by atoms with E-state index in [9.17, 15) is 0 Å². The van der Waals surface area contributed by atoms with Crippen molar-refractivity contribution < 1.29 is 0 Å². The maximum Gasteiger partial charge on any atom is 0.263 e. The highest BCUT2D eigenvalue weighted by Crippen LogP contribution is 2.29. The third kappa shape index (κ3) is 5.36. The average molecular weight is 547 g/mol. The highest BCUT2D eigenvalue weighted by atomic mass is 35.5. The zero-order chi connectivity index (χ0) is 26.6. The number of hydrogen-bond acceptors (Lipinski definition) is 6. The first-order valence-corrected chi connectivity index (χ1v) is 13.6. The lowest BCUT2D eigenvalue weighted by atomic mass is 10.0. The van der Waals surface area contributed by atoms with E-state index in [0.29, 0.717) is 16.7 Å². The minimum absolute atomic E-state index is 0.311. The van der Waals surface area contributed by atoms with Gasteiger partial charge in [0.25, 0.3) is 5.95 Å². The van der Waals surface area contributed by atoms with E-state index in [2.05, 4.69) is 50.7 Å². The van der Waals surface area contributed by atoms with Gasteiger partial charge in [-0.3, -0.25) is 4.57 Å². The number of thiazole rings is 1. The van der Waals surface area contributed by atoms with Crippen molar-refractivity contribution in [2.75, 3.05) is 5.43 Å². The van der Waals surface area contributed by atoms with Crippen molar-refractivity contribution in [3.05, 3.63) is 130 Å². The first-order valence-electron chi connectivity index (χ1n) is 12.3. The molecule has 0 bridgehead atoms. The van der Waals surface area contributed by atoms with E-state index in [4.69, 9.17) is 21.7 Å². The van der Waals surface area contributed by atoms with E-state index in [1.165, 1.54) is 11.3 Å². The molecule has 0 spiro atoms. The number of nitrogens with zero attached hydrogens (tertiary/aromatic N) is 5. The summed E-state index contributed by atoms with van der Waals surface area (Å²) in [6, 6.07) is 36.0. The van der Waals surface area contributed by atoms with E-state index in [1.54, 1.807) is 0 Å². The third-order valence-electron chi connectivity index (χ3n) is 6.14. The molecule has 6 nitrogen and oxygen atoms in total. The molecule has 8 heteroatoms. The monoisotopic (exact) mass is 546 g/mol. The Labute approximate surface area is 234 Å². The number of benzene rings is 4. The Morgan fingerprint density at radius 3 is 2.13 bits per heavy atom. The van der Waals surface area contributed by atoms with Gasteiger partial charge in [0.2, 0.25) is 4.80 Å². The predicted octanol–water partition coefficient (Wildman–Crippen LogP) is 7.61. The molecule has 0 radical (unpaired) electrons. The van der Waals surface area contributed by atoms with E-state index in [0.717, 1.165) is 44.1 Å². The van der Waals surface area contributed by atoms with Crippen molar-refractivity contribution in [3.63, 3.8) is 0 Å². The standard InChI is InChI=1S/C31H23ClN6S/c1-21-9-8-14-26(19-21)38-27(22-15-17-25(32)18-16-22)20-39-31(38)37-36-30-33-28(23-10-4-2-5-11-23)29(34-35-30)24-12-6-3-7-13-24/h2-20H,1H3,(H,33,35,36). The summed E-state index contributed by atoms with van der Waals surface area (Å²) in [6.07, 6.45) is 0. The van der Waals surface area contributed by atoms with Crippen LogP contribution in [-0.2, 0) is 0 Å². The summed E-state index contributed by atoms with van der Waals surface area (Å²) in [6.45, 7) is 2.08. The Balaban J connectivity index is 1.44. The number of aromatic nitrogens is 4. The number of anilines is 1. The van der Waals surface area contributed by atoms with Crippen molar-refractivity contribution in [1.82, 2.24) is 19.7 Å². The predicted molar refractivity (Wildman–Crippen MR) is 159 cm³/mol. The van der Waals surface area contributed by atoms with Crippen LogP contribution in [0.15, 0.2) is 120 Å². The zero-order valence-corrected chi connectivity index (χ0v) is 22.6. The van der Waals surface area contributed by atoms with Crippen molar-refractivity contribution in [2.45, 2.75) is 6.92 Å². The first kappa shape index (κ1) is 24.7. The molecule has 4 aromatic carbocycles. The molecule has 6 rings (SSSR count). The average Bonchev–Trinajstić information content (AvgIpc) is 3.41. The van der Waals surface area contributed by atoms with Crippen LogP contribution in [0.25, 0.3) is 39.5 Å². The Bertz CT molecular complexity index is 1800. The molecular weight excluding hydrogens is 524 g/mol. The quantitative estimate of drug-likeness (QED) is 0.218. The van der Waals surface area contributed by atoms with E-state index in [-0.39, 0.29) is 0 Å². The van der Waals surface area contributed by atoms with Crippen LogP contribution >= 0.6 is 22.9 Å². The van der Waals surface area contributed by atoms with Gasteiger partial charge in [0.1, 0.15) is 11.4 Å². The maximum atomic E-state index is 6.15. The fourth-order valence-corrected chi connectivity index (χ4v) is 5.28. The fourth-order valence-electron chi connectivity index (χ4n) is 4.29. The van der Waals surface area contributed by atoms with Gasteiger partial charge in [-0.05, 0) is 42.3 Å². The molecule has 1 N–H and O–H groups in total. The molecular formula is C31H23ClN6S. The largest absolute Gasteiger partial charge is 0.284 e. The molecule has 0 atom stereocenters. The van der Waals surface area contributed by atoms with E-state index >= 15 is 0 Å². The van der Waals surface area contributed by atoms with Gasteiger partial charge in [-0.25, -0.2) is 10.4 Å². The van der Waals surface area contributed by atoms with Gasteiger partial charge >= 0.3 is 0 Å². The van der Waals surface area contributed by atoms with Crippen LogP contribution in [0, 0.1) is 6.92 Å². The van der Waals surface area contributed by atoms with Crippen molar-refractivity contribution in [3.8, 4) is 39.5 Å². The Morgan fingerprint density at radius 2 is 1.44 bits per heavy atom. The normalized spacial score (nSPS) is 11.5. The van der Waals surface area contributed by atoms with Gasteiger partial charge in [0.05, 0.1) is 5.69 Å². The van der Waals surface area contributed by atoms with Crippen LogP contribution in [0.4, 0.5) is 5.95 Å². The zero-order valence-electron chi connectivity index (χ0n) is 21.0. The summed E-state index contributed by atoms with van der Waals surface area (Å²) in [7, 11) is 0. The maximum absolute atomic E-state index is 6.15. The number of nitrogens with one attached hydrogen (secondary N) is 1. The minimum Gasteiger partial charge on any atom is -0.284 e. The Morgan fingerprint density at radius 1 is 0.744 bits per heavy atom. The first-order chi connectivity index (χ1) is 19.2. The molecule has 0 aliphatic heterocycles. The molecule has 39 heavy (non-hydrogen) atoms. The number of rotatable bonds is 6. The number of halogens is 1. The molecule has 0 saturated carbocycles. The lowest BCUT2D eigenvalue weighted by Gasteiger charge is -2.11. The van der Waals surface area contributed by atoms with Crippen LogP contribution in [0.5, 0.6) is 0 Å². The van der Waals surface area contributed by atoms with Crippen LogP contribution in [0.3, 0.4) is 0 Å². The summed E-state index contributed by atoms with van der Waals surface area (Å²) in [5.74, 6) is 0.311. The SMILES string of the molecule is Cc1cccc(-n2c(-c3ccc(Cl)cc3)csc2=NNc2nnc(-c3ccccc3)c(-c3ccccc3)n2)c1. The van der Waals surface area contributed by atoms with Gasteiger partial charge < -0.3 is 0 Å². The second kappa shape index (κ2) is 11.0. The number of aryl methyl sites for hydroxylation is 1. The van der Waals surface area contributed by atoms with Crippen LogP contribution in [0.2, 0.25) is 5.02 Å². The smallest absolute Gasteiger partial charge is 0.263 e. The molecule has 0 fully saturated rings. The number of hydrogen-bond donors (Lipinski definition) is 1. The Kier molecular flexibility index (Phi) is 6.99. The van der Waals surface area contributed by atoms with Crippen LogP contribution in [-0.4, -0.2) is 19.7 Å². The minimum atomic E-state index is 0.311. The lowest BCUT2D eigenvalue weighted by Crippen LogP contribution is -2.16.